The monoisotopic (exact) mass is 330 g/mol. The van der Waals surface area contributed by atoms with Gasteiger partial charge in [-0.15, -0.1) is 0 Å². The van der Waals surface area contributed by atoms with Crippen LogP contribution in [0.2, 0.25) is 0 Å². The zero-order chi connectivity index (χ0) is 17.9. The Kier molecular flexibility index (Phi) is 16.0. The highest BCUT2D eigenvalue weighted by atomic mass is 16.3. The highest BCUT2D eigenvalue weighted by Gasteiger charge is 1.87. The van der Waals surface area contributed by atoms with Crippen LogP contribution in [0.15, 0.2) is 60.7 Å². The predicted octanol–water partition coefficient (Wildman–Crippen LogP) is 6.93. The number of hydrogen-bond acceptors (Lipinski definition) is 2. The summed E-state index contributed by atoms with van der Waals surface area (Å²) in [7, 11) is 0. The molecule has 24 heavy (non-hydrogen) atoms. The summed E-state index contributed by atoms with van der Waals surface area (Å²) in [6, 6.07) is 17.4. The molecule has 0 atom stereocenters. The number of hydrogen-bond donors (Lipinski definition) is 2. The smallest absolute Gasteiger partial charge is 0.115 e. The van der Waals surface area contributed by atoms with Crippen LogP contribution in [-0.4, -0.2) is 10.2 Å². The van der Waals surface area contributed by atoms with Gasteiger partial charge in [0.25, 0.3) is 0 Å². The van der Waals surface area contributed by atoms with Crippen LogP contribution < -0.4 is 0 Å². The predicted molar refractivity (Wildman–Crippen MR) is 104 cm³/mol. The number of phenolic OH excluding ortho intramolecular Hbond substituents is 2. The van der Waals surface area contributed by atoms with Gasteiger partial charge in [-0.05, 0) is 24.3 Å². The van der Waals surface area contributed by atoms with Gasteiger partial charge in [0.1, 0.15) is 11.5 Å². The molecule has 0 amide bonds. The van der Waals surface area contributed by atoms with Crippen LogP contribution in [0.4, 0.5) is 0 Å². The summed E-state index contributed by atoms with van der Waals surface area (Å²) in [5, 5.41) is 17.3. The molecule has 0 saturated heterocycles. The lowest BCUT2D eigenvalue weighted by Crippen LogP contribution is -1.77. The van der Waals surface area contributed by atoms with Gasteiger partial charge in [0.15, 0.2) is 0 Å². The van der Waals surface area contributed by atoms with E-state index in [0.717, 1.165) is 0 Å². The molecule has 0 aliphatic rings. The summed E-state index contributed by atoms with van der Waals surface area (Å²) in [6.07, 6.45) is 11.5. The van der Waals surface area contributed by atoms with E-state index in [1.54, 1.807) is 48.5 Å². The first-order chi connectivity index (χ1) is 11.7. The Morgan fingerprint density at radius 3 is 1.00 bits per heavy atom. The number of phenols is 2. The van der Waals surface area contributed by atoms with Crippen LogP contribution in [0.25, 0.3) is 0 Å². The normalized spacial score (nSPS) is 9.25. The summed E-state index contributed by atoms with van der Waals surface area (Å²) in [4.78, 5) is 0. The quantitative estimate of drug-likeness (QED) is 0.540. The van der Waals surface area contributed by atoms with E-state index in [0.29, 0.717) is 11.5 Å². The molecule has 2 N–H and O–H groups in total. The Hall–Kier alpha value is -1.96. The fourth-order valence-electron chi connectivity index (χ4n) is 2.06. The second-order valence-corrected chi connectivity index (χ2v) is 5.79. The minimum absolute atomic E-state index is 0.322. The van der Waals surface area contributed by atoms with Gasteiger partial charge in [0.2, 0.25) is 0 Å². The summed E-state index contributed by atoms with van der Waals surface area (Å²) in [6.45, 7) is 4.54. The molecule has 2 aromatic rings. The van der Waals surface area contributed by atoms with E-state index in [4.69, 9.17) is 10.2 Å². The number of rotatable bonds is 7. The maximum atomic E-state index is 8.63. The van der Waals surface area contributed by atoms with Gasteiger partial charge in [-0.25, -0.2) is 0 Å². The maximum absolute atomic E-state index is 8.63. The SMILES string of the molecule is CCCCCCCCCC.Oc1ccccc1.Oc1ccccc1. The van der Waals surface area contributed by atoms with E-state index in [-0.39, 0.29) is 0 Å². The topological polar surface area (TPSA) is 40.5 Å². The van der Waals surface area contributed by atoms with Crippen molar-refractivity contribution in [2.75, 3.05) is 0 Å². The maximum Gasteiger partial charge on any atom is 0.115 e. The van der Waals surface area contributed by atoms with Gasteiger partial charge in [-0.1, -0.05) is 102 Å². The molecule has 2 heteroatoms. The van der Waals surface area contributed by atoms with Crippen LogP contribution in [0.1, 0.15) is 65.2 Å². The Balaban J connectivity index is 0.000000337. The van der Waals surface area contributed by atoms with Crippen LogP contribution >= 0.6 is 0 Å². The molecule has 0 bridgehead atoms. The van der Waals surface area contributed by atoms with Crippen LogP contribution in [0, 0.1) is 0 Å². The average Bonchev–Trinajstić information content (AvgIpc) is 2.61. The lowest BCUT2D eigenvalue weighted by molar-refractivity contribution is 0.475. The Labute approximate surface area is 148 Å². The zero-order valence-electron chi connectivity index (χ0n) is 15.3. The largest absolute Gasteiger partial charge is 0.508 e. The van der Waals surface area contributed by atoms with Gasteiger partial charge < -0.3 is 10.2 Å². The fraction of sp³-hybridized carbons (Fsp3) is 0.455. The lowest BCUT2D eigenvalue weighted by atomic mass is 10.1. The van der Waals surface area contributed by atoms with Crippen molar-refractivity contribution in [3.8, 4) is 11.5 Å². The van der Waals surface area contributed by atoms with E-state index < -0.39 is 0 Å². The third kappa shape index (κ3) is 16.4. The van der Waals surface area contributed by atoms with Gasteiger partial charge in [-0.2, -0.15) is 0 Å². The highest BCUT2D eigenvalue weighted by Crippen LogP contribution is 2.07. The molecule has 2 rings (SSSR count). The number of para-hydroxylation sites is 2. The average molecular weight is 331 g/mol. The van der Waals surface area contributed by atoms with E-state index >= 15 is 0 Å². The molecule has 0 fully saturated rings. The highest BCUT2D eigenvalue weighted by molar-refractivity contribution is 5.19. The molecule has 0 aliphatic carbocycles. The summed E-state index contributed by atoms with van der Waals surface area (Å²) < 4.78 is 0. The van der Waals surface area contributed by atoms with Crippen molar-refractivity contribution in [1.29, 1.82) is 0 Å². The standard InChI is InChI=1S/C10H22.2C6H6O/c1-3-5-7-9-10-8-6-4-2;2*7-6-4-2-1-3-5-6/h3-10H2,1-2H3;2*1-5,7H. The Bertz CT molecular complexity index is 408. The van der Waals surface area contributed by atoms with Crippen molar-refractivity contribution in [2.45, 2.75) is 65.2 Å². The Morgan fingerprint density at radius 2 is 0.792 bits per heavy atom. The van der Waals surface area contributed by atoms with Crippen molar-refractivity contribution in [1.82, 2.24) is 0 Å². The molecular weight excluding hydrogens is 296 g/mol. The molecule has 0 unspecified atom stereocenters. The van der Waals surface area contributed by atoms with Crippen LogP contribution in [0.5, 0.6) is 11.5 Å². The minimum Gasteiger partial charge on any atom is -0.508 e. The Morgan fingerprint density at radius 1 is 0.500 bits per heavy atom. The van der Waals surface area contributed by atoms with E-state index in [1.807, 2.05) is 12.1 Å². The molecule has 2 nitrogen and oxygen atoms in total. The van der Waals surface area contributed by atoms with Crippen molar-refractivity contribution in [3.05, 3.63) is 60.7 Å². The van der Waals surface area contributed by atoms with Gasteiger partial charge in [0.05, 0.1) is 0 Å². The molecule has 0 aliphatic heterocycles. The zero-order valence-corrected chi connectivity index (χ0v) is 15.3. The summed E-state index contributed by atoms with van der Waals surface area (Å²) >= 11 is 0. The van der Waals surface area contributed by atoms with Crippen molar-refractivity contribution in [3.63, 3.8) is 0 Å². The van der Waals surface area contributed by atoms with Gasteiger partial charge >= 0.3 is 0 Å². The van der Waals surface area contributed by atoms with E-state index in [9.17, 15) is 0 Å². The summed E-state index contributed by atoms with van der Waals surface area (Å²) in [5.41, 5.74) is 0. The molecule has 134 valence electrons. The fourth-order valence-corrected chi connectivity index (χ4v) is 2.06. The number of unbranched alkanes of at least 4 members (excludes halogenated alkanes) is 7. The molecule has 0 radical (unpaired) electrons. The van der Waals surface area contributed by atoms with Crippen molar-refractivity contribution in [2.24, 2.45) is 0 Å². The first-order valence-corrected chi connectivity index (χ1v) is 9.18. The minimum atomic E-state index is 0.322. The molecular formula is C22H34O2. The second-order valence-electron chi connectivity index (χ2n) is 5.79. The molecule has 0 saturated carbocycles. The van der Waals surface area contributed by atoms with Crippen molar-refractivity contribution >= 4 is 0 Å². The van der Waals surface area contributed by atoms with Gasteiger partial charge in [-0.3, -0.25) is 0 Å². The molecule has 0 heterocycles. The lowest BCUT2D eigenvalue weighted by Gasteiger charge is -1.97. The summed E-state index contributed by atoms with van der Waals surface area (Å²) in [5.74, 6) is 0.644. The van der Waals surface area contributed by atoms with Crippen molar-refractivity contribution < 1.29 is 10.2 Å². The molecule has 2 aromatic carbocycles. The molecule has 0 aromatic heterocycles. The van der Waals surface area contributed by atoms with E-state index in [2.05, 4.69) is 13.8 Å². The first kappa shape index (κ1) is 22.0. The third-order valence-corrected chi connectivity index (χ3v) is 3.47. The molecule has 0 spiro atoms. The van der Waals surface area contributed by atoms with Crippen LogP contribution in [-0.2, 0) is 0 Å². The van der Waals surface area contributed by atoms with Gasteiger partial charge in [0, 0.05) is 0 Å². The number of aromatic hydroxyl groups is 2. The van der Waals surface area contributed by atoms with Crippen LogP contribution in [0.3, 0.4) is 0 Å². The first-order valence-electron chi connectivity index (χ1n) is 9.18. The third-order valence-electron chi connectivity index (χ3n) is 3.47. The second kappa shape index (κ2) is 17.4. The number of benzene rings is 2. The van der Waals surface area contributed by atoms with E-state index in [1.165, 1.54) is 51.4 Å².